The van der Waals surface area contributed by atoms with Gasteiger partial charge in [0.2, 0.25) is 0 Å². The molecule has 0 spiro atoms. The van der Waals surface area contributed by atoms with E-state index in [1.807, 2.05) is 18.2 Å². The summed E-state index contributed by atoms with van der Waals surface area (Å²) in [5.74, 6) is 0.645. The third kappa shape index (κ3) is 2.76. The number of nitrogens with zero attached hydrogens (tertiary/aromatic N) is 1. The zero-order chi connectivity index (χ0) is 13.9. The SMILES string of the molecule is O=C(COc1cccc2c1CCCC2=NO)NC1CC1. The van der Waals surface area contributed by atoms with Crippen LogP contribution in [0.15, 0.2) is 23.4 Å². The Balaban J connectivity index is 1.71. The van der Waals surface area contributed by atoms with Gasteiger partial charge < -0.3 is 15.3 Å². The maximum atomic E-state index is 11.7. The maximum absolute atomic E-state index is 11.7. The molecular formula is C15H18N2O3. The van der Waals surface area contributed by atoms with Gasteiger partial charge in [-0.25, -0.2) is 0 Å². The minimum Gasteiger partial charge on any atom is -0.483 e. The van der Waals surface area contributed by atoms with Gasteiger partial charge in [0.15, 0.2) is 6.61 Å². The fourth-order valence-electron chi connectivity index (χ4n) is 2.54. The van der Waals surface area contributed by atoms with Crippen LogP contribution in [0.1, 0.15) is 36.8 Å². The summed E-state index contributed by atoms with van der Waals surface area (Å²) in [4.78, 5) is 11.7. The number of hydrogen-bond donors (Lipinski definition) is 2. The average Bonchev–Trinajstić information content (AvgIpc) is 3.28. The van der Waals surface area contributed by atoms with Gasteiger partial charge in [-0.05, 0) is 38.2 Å². The van der Waals surface area contributed by atoms with Crippen molar-refractivity contribution < 1.29 is 14.7 Å². The van der Waals surface area contributed by atoms with Crippen LogP contribution >= 0.6 is 0 Å². The lowest BCUT2D eigenvalue weighted by atomic mass is 9.89. The molecule has 106 valence electrons. The molecule has 0 bridgehead atoms. The van der Waals surface area contributed by atoms with E-state index in [4.69, 9.17) is 9.94 Å². The molecule has 2 aliphatic carbocycles. The zero-order valence-corrected chi connectivity index (χ0v) is 11.3. The Morgan fingerprint density at radius 3 is 3.00 bits per heavy atom. The van der Waals surface area contributed by atoms with E-state index in [9.17, 15) is 4.79 Å². The molecule has 0 atom stereocenters. The number of carbonyl (C=O) groups excluding carboxylic acids is 1. The minimum absolute atomic E-state index is 0.0402. The highest BCUT2D eigenvalue weighted by Crippen LogP contribution is 2.30. The van der Waals surface area contributed by atoms with Crippen molar-refractivity contribution in [3.63, 3.8) is 0 Å². The Morgan fingerprint density at radius 1 is 1.40 bits per heavy atom. The van der Waals surface area contributed by atoms with Gasteiger partial charge in [-0.2, -0.15) is 0 Å². The van der Waals surface area contributed by atoms with Crippen LogP contribution in [-0.2, 0) is 11.2 Å². The number of hydrogen-bond acceptors (Lipinski definition) is 4. The molecule has 0 aromatic heterocycles. The molecule has 1 saturated carbocycles. The van der Waals surface area contributed by atoms with Crippen molar-refractivity contribution >= 4 is 11.6 Å². The van der Waals surface area contributed by atoms with Crippen LogP contribution in [0.2, 0.25) is 0 Å². The van der Waals surface area contributed by atoms with Crippen molar-refractivity contribution in [2.24, 2.45) is 5.16 Å². The number of rotatable bonds is 4. The molecule has 3 rings (SSSR count). The van der Waals surface area contributed by atoms with Gasteiger partial charge in [0.25, 0.3) is 5.91 Å². The van der Waals surface area contributed by atoms with E-state index in [2.05, 4.69) is 10.5 Å². The molecule has 0 aliphatic heterocycles. The molecule has 1 aromatic rings. The summed E-state index contributed by atoms with van der Waals surface area (Å²) in [6, 6.07) is 6.01. The number of oxime groups is 1. The molecule has 2 aliphatic rings. The maximum Gasteiger partial charge on any atom is 0.258 e. The van der Waals surface area contributed by atoms with Gasteiger partial charge in [-0.1, -0.05) is 17.3 Å². The zero-order valence-electron chi connectivity index (χ0n) is 11.3. The lowest BCUT2D eigenvalue weighted by Crippen LogP contribution is -2.30. The van der Waals surface area contributed by atoms with Crippen molar-refractivity contribution in [1.29, 1.82) is 0 Å². The topological polar surface area (TPSA) is 70.9 Å². The fraction of sp³-hybridized carbons (Fsp3) is 0.467. The third-order valence-electron chi connectivity index (χ3n) is 3.71. The van der Waals surface area contributed by atoms with Gasteiger partial charge in [0, 0.05) is 17.2 Å². The highest BCUT2D eigenvalue weighted by molar-refractivity contribution is 6.02. The molecule has 0 unspecified atom stereocenters. The van der Waals surface area contributed by atoms with E-state index in [0.717, 1.165) is 43.2 Å². The van der Waals surface area contributed by atoms with E-state index in [0.29, 0.717) is 17.5 Å². The van der Waals surface area contributed by atoms with E-state index < -0.39 is 0 Å². The molecule has 0 radical (unpaired) electrons. The highest BCUT2D eigenvalue weighted by Gasteiger charge is 2.24. The molecule has 5 nitrogen and oxygen atoms in total. The standard InChI is InChI=1S/C15H18N2O3/c18-15(16-10-7-8-10)9-20-14-6-2-3-11-12(14)4-1-5-13(11)17-19/h2-3,6,10,19H,1,4-5,7-9H2,(H,16,18). The van der Waals surface area contributed by atoms with Crippen LogP contribution in [0.4, 0.5) is 0 Å². The van der Waals surface area contributed by atoms with Crippen molar-refractivity contribution in [1.82, 2.24) is 5.32 Å². The average molecular weight is 274 g/mol. The smallest absolute Gasteiger partial charge is 0.258 e. The first-order valence-electron chi connectivity index (χ1n) is 7.03. The summed E-state index contributed by atoms with van der Waals surface area (Å²) in [6.45, 7) is 0.0402. The summed E-state index contributed by atoms with van der Waals surface area (Å²) in [5, 5.41) is 15.3. The Labute approximate surface area is 117 Å². The summed E-state index contributed by atoms with van der Waals surface area (Å²) in [6.07, 6.45) is 4.73. The Hall–Kier alpha value is -2.04. The molecule has 1 aromatic carbocycles. The molecule has 1 amide bonds. The first-order valence-corrected chi connectivity index (χ1v) is 7.03. The Morgan fingerprint density at radius 2 is 2.25 bits per heavy atom. The molecule has 20 heavy (non-hydrogen) atoms. The first kappa shape index (κ1) is 13.0. The second-order valence-electron chi connectivity index (χ2n) is 5.31. The number of carbonyl (C=O) groups is 1. The minimum atomic E-state index is -0.0723. The Kier molecular flexibility index (Phi) is 3.58. The second kappa shape index (κ2) is 5.53. The lowest BCUT2D eigenvalue weighted by molar-refractivity contribution is -0.123. The van der Waals surface area contributed by atoms with E-state index >= 15 is 0 Å². The molecule has 5 heteroatoms. The van der Waals surface area contributed by atoms with Crippen LogP contribution in [0.5, 0.6) is 5.75 Å². The normalized spacial score (nSPS) is 19.5. The largest absolute Gasteiger partial charge is 0.483 e. The molecule has 2 N–H and O–H groups in total. The monoisotopic (exact) mass is 274 g/mol. The van der Waals surface area contributed by atoms with Gasteiger partial charge >= 0.3 is 0 Å². The lowest BCUT2D eigenvalue weighted by Gasteiger charge is -2.20. The summed E-state index contributed by atoms with van der Waals surface area (Å²) >= 11 is 0. The van der Waals surface area contributed by atoms with Gasteiger partial charge in [0.1, 0.15) is 5.75 Å². The Bertz CT molecular complexity index is 550. The van der Waals surface area contributed by atoms with Crippen molar-refractivity contribution in [2.45, 2.75) is 38.1 Å². The van der Waals surface area contributed by atoms with Crippen molar-refractivity contribution in [3.8, 4) is 5.75 Å². The van der Waals surface area contributed by atoms with Crippen LogP contribution in [0.25, 0.3) is 0 Å². The first-order chi connectivity index (χ1) is 9.78. The summed E-state index contributed by atoms with van der Waals surface area (Å²) in [7, 11) is 0. The van der Waals surface area contributed by atoms with Crippen LogP contribution < -0.4 is 10.1 Å². The van der Waals surface area contributed by atoms with E-state index in [1.165, 1.54) is 0 Å². The second-order valence-corrected chi connectivity index (χ2v) is 5.31. The number of benzene rings is 1. The summed E-state index contributed by atoms with van der Waals surface area (Å²) < 4.78 is 5.64. The van der Waals surface area contributed by atoms with Gasteiger partial charge in [-0.3, -0.25) is 4.79 Å². The fourth-order valence-corrected chi connectivity index (χ4v) is 2.54. The predicted molar refractivity (Wildman–Crippen MR) is 74.4 cm³/mol. The van der Waals surface area contributed by atoms with Crippen LogP contribution in [0, 0.1) is 0 Å². The number of fused-ring (bicyclic) bond motifs is 1. The highest BCUT2D eigenvalue weighted by atomic mass is 16.5. The number of amides is 1. The predicted octanol–water partition coefficient (Wildman–Crippen LogP) is 1.86. The number of nitrogens with one attached hydrogen (secondary N) is 1. The van der Waals surface area contributed by atoms with Crippen molar-refractivity contribution in [3.05, 3.63) is 29.3 Å². The molecular weight excluding hydrogens is 256 g/mol. The third-order valence-corrected chi connectivity index (χ3v) is 3.71. The van der Waals surface area contributed by atoms with Crippen LogP contribution in [-0.4, -0.2) is 29.5 Å². The molecule has 0 saturated heterocycles. The van der Waals surface area contributed by atoms with Gasteiger partial charge in [-0.15, -0.1) is 0 Å². The number of ether oxygens (including phenoxy) is 1. The van der Waals surface area contributed by atoms with Crippen LogP contribution in [0.3, 0.4) is 0 Å². The van der Waals surface area contributed by atoms with E-state index in [1.54, 1.807) is 0 Å². The molecule has 1 fully saturated rings. The van der Waals surface area contributed by atoms with Gasteiger partial charge in [0.05, 0.1) is 5.71 Å². The summed E-state index contributed by atoms with van der Waals surface area (Å²) in [5.41, 5.74) is 2.66. The van der Waals surface area contributed by atoms with E-state index in [-0.39, 0.29) is 12.5 Å². The van der Waals surface area contributed by atoms with Crippen molar-refractivity contribution in [2.75, 3.05) is 6.61 Å². The quantitative estimate of drug-likeness (QED) is 0.650. The molecule has 0 heterocycles.